The first-order chi connectivity index (χ1) is 18.8. The molecule has 0 saturated carbocycles. The Kier molecular flexibility index (Phi) is 7.30. The molecule has 198 valence electrons. The number of hydrogen-bond acceptors (Lipinski definition) is 5. The lowest BCUT2D eigenvalue weighted by Gasteiger charge is -2.17. The number of nitrogens with one attached hydrogen (secondary N) is 3. The lowest BCUT2D eigenvalue weighted by molar-refractivity contribution is -0.122. The van der Waals surface area contributed by atoms with Gasteiger partial charge in [0.05, 0.1) is 17.2 Å². The van der Waals surface area contributed by atoms with Crippen molar-refractivity contribution < 1.29 is 4.79 Å². The standard InChI is InChI=1S/C31H32N6OS/c1-6-9-19(14-21(7-2)33-27(38)16-31(3,4)5)20-11-12-24-22(15-20)29(37-36-24)30-34-25-18-32-17-23(28(25)35-30)26-10-8-13-39-26/h7-15,17-18H,2,6,16H2,1,3-5H3,(H,33,38)(H,34,35)(H,36,37)/b19-9+,21-14+. The molecule has 5 rings (SSSR count). The molecule has 3 N–H and O–H groups in total. The minimum atomic E-state index is -0.0988. The fourth-order valence-corrected chi connectivity index (χ4v) is 5.25. The molecule has 5 aromatic rings. The van der Waals surface area contributed by atoms with Crippen molar-refractivity contribution in [3.8, 4) is 22.0 Å². The number of carbonyl (C=O) groups excluding carboxylic acids is 1. The third-order valence-corrected chi connectivity index (χ3v) is 7.13. The molecule has 7 nitrogen and oxygen atoms in total. The van der Waals surface area contributed by atoms with Gasteiger partial charge in [-0.1, -0.05) is 52.5 Å². The van der Waals surface area contributed by atoms with Crippen molar-refractivity contribution in [2.45, 2.75) is 40.5 Å². The van der Waals surface area contributed by atoms with Crippen LogP contribution in [0.5, 0.6) is 0 Å². The average molecular weight is 537 g/mol. The van der Waals surface area contributed by atoms with Crippen molar-refractivity contribution in [2.75, 3.05) is 0 Å². The van der Waals surface area contributed by atoms with Crippen LogP contribution in [0.4, 0.5) is 0 Å². The van der Waals surface area contributed by atoms with Gasteiger partial charge in [-0.15, -0.1) is 11.3 Å². The van der Waals surface area contributed by atoms with Crippen LogP contribution in [0.15, 0.2) is 78.6 Å². The number of imidazole rings is 1. The monoisotopic (exact) mass is 536 g/mol. The number of rotatable bonds is 8. The quantitative estimate of drug-likeness (QED) is 0.177. The fraction of sp³-hybridized carbons (Fsp3) is 0.226. The first-order valence-electron chi connectivity index (χ1n) is 13.0. The molecule has 0 aliphatic heterocycles. The smallest absolute Gasteiger partial charge is 0.224 e. The number of carbonyl (C=O) groups is 1. The summed E-state index contributed by atoms with van der Waals surface area (Å²) in [6.07, 6.45) is 10.7. The highest BCUT2D eigenvalue weighted by atomic mass is 32.1. The van der Waals surface area contributed by atoms with Crippen LogP contribution in [0.2, 0.25) is 0 Å². The van der Waals surface area contributed by atoms with Crippen LogP contribution in [0, 0.1) is 5.41 Å². The zero-order valence-electron chi connectivity index (χ0n) is 22.6. The van der Waals surface area contributed by atoms with Gasteiger partial charge in [-0.05, 0) is 58.7 Å². The van der Waals surface area contributed by atoms with Crippen LogP contribution in [0.3, 0.4) is 0 Å². The first-order valence-corrected chi connectivity index (χ1v) is 13.8. The van der Waals surface area contributed by atoms with Gasteiger partial charge in [0, 0.05) is 34.1 Å². The zero-order valence-corrected chi connectivity index (χ0v) is 23.4. The summed E-state index contributed by atoms with van der Waals surface area (Å²) in [5, 5.41) is 13.8. The summed E-state index contributed by atoms with van der Waals surface area (Å²) in [7, 11) is 0. The molecule has 0 fully saturated rings. The molecule has 0 atom stereocenters. The highest BCUT2D eigenvalue weighted by molar-refractivity contribution is 7.13. The molecule has 0 saturated heterocycles. The van der Waals surface area contributed by atoms with E-state index < -0.39 is 0 Å². The van der Waals surface area contributed by atoms with Gasteiger partial charge in [0.2, 0.25) is 5.91 Å². The number of pyridine rings is 1. The van der Waals surface area contributed by atoms with Gasteiger partial charge >= 0.3 is 0 Å². The number of aromatic nitrogens is 5. The highest BCUT2D eigenvalue weighted by Gasteiger charge is 2.18. The average Bonchev–Trinajstić information content (AvgIpc) is 3.65. The molecule has 4 aromatic heterocycles. The van der Waals surface area contributed by atoms with E-state index >= 15 is 0 Å². The fourth-order valence-electron chi connectivity index (χ4n) is 4.51. The number of aromatic amines is 2. The van der Waals surface area contributed by atoms with E-state index in [1.165, 1.54) is 0 Å². The minimum Gasteiger partial charge on any atom is -0.335 e. The number of H-pyrrole nitrogens is 2. The molecule has 39 heavy (non-hydrogen) atoms. The normalized spacial score (nSPS) is 12.8. The Morgan fingerprint density at radius 2 is 2.03 bits per heavy atom. The van der Waals surface area contributed by atoms with Gasteiger partial charge < -0.3 is 10.3 Å². The van der Waals surface area contributed by atoms with Crippen molar-refractivity contribution in [3.63, 3.8) is 0 Å². The van der Waals surface area contributed by atoms with E-state index in [9.17, 15) is 4.79 Å². The number of hydrogen-bond donors (Lipinski definition) is 3. The molecule has 8 heteroatoms. The van der Waals surface area contributed by atoms with E-state index in [1.807, 2.05) is 50.6 Å². The maximum Gasteiger partial charge on any atom is 0.224 e. The third-order valence-electron chi connectivity index (χ3n) is 6.23. The molecular formula is C31H32N6OS. The Morgan fingerprint density at radius 3 is 2.74 bits per heavy atom. The molecule has 0 bridgehead atoms. The molecule has 0 aliphatic rings. The molecule has 0 radical (unpaired) electrons. The van der Waals surface area contributed by atoms with Crippen LogP contribution in [0.1, 0.15) is 46.1 Å². The molecular weight excluding hydrogens is 504 g/mol. The van der Waals surface area contributed by atoms with E-state index in [0.29, 0.717) is 17.9 Å². The SMILES string of the molecule is C=C/C(=C\C(=C/CC)c1ccc2[nH]nc(-c3nc4c(-c5cccs5)cncc4[nH]3)c2c1)NC(=O)CC(C)(C)C. The number of thiophene rings is 1. The van der Waals surface area contributed by atoms with E-state index in [0.717, 1.165) is 55.6 Å². The van der Waals surface area contributed by atoms with Crippen LogP contribution < -0.4 is 5.32 Å². The second kappa shape index (κ2) is 10.8. The van der Waals surface area contributed by atoms with Crippen LogP contribution in [0.25, 0.3) is 49.5 Å². The van der Waals surface area contributed by atoms with Gasteiger partial charge in [0.15, 0.2) is 5.82 Å². The highest BCUT2D eigenvalue weighted by Crippen LogP contribution is 2.33. The predicted octanol–water partition coefficient (Wildman–Crippen LogP) is 7.65. The summed E-state index contributed by atoms with van der Waals surface area (Å²) < 4.78 is 0. The summed E-state index contributed by atoms with van der Waals surface area (Å²) in [6, 6.07) is 10.3. The Bertz CT molecular complexity index is 1710. The number of benzene rings is 1. The van der Waals surface area contributed by atoms with Crippen LogP contribution >= 0.6 is 11.3 Å². The van der Waals surface area contributed by atoms with E-state index in [1.54, 1.807) is 23.6 Å². The van der Waals surface area contributed by atoms with Gasteiger partial charge in [-0.3, -0.25) is 14.9 Å². The summed E-state index contributed by atoms with van der Waals surface area (Å²) in [5.41, 5.74) is 6.94. The van der Waals surface area contributed by atoms with Crippen molar-refractivity contribution >= 4 is 44.8 Å². The Balaban J connectivity index is 1.53. The Morgan fingerprint density at radius 1 is 1.18 bits per heavy atom. The van der Waals surface area contributed by atoms with Crippen LogP contribution in [-0.2, 0) is 4.79 Å². The second-order valence-corrected chi connectivity index (χ2v) is 11.6. The van der Waals surface area contributed by atoms with Crippen molar-refractivity contribution in [1.29, 1.82) is 0 Å². The van der Waals surface area contributed by atoms with Gasteiger partial charge in [0.25, 0.3) is 0 Å². The van der Waals surface area contributed by atoms with Crippen molar-refractivity contribution in [1.82, 2.24) is 30.5 Å². The molecule has 1 amide bonds. The maximum atomic E-state index is 12.6. The van der Waals surface area contributed by atoms with Crippen LogP contribution in [-0.4, -0.2) is 31.1 Å². The summed E-state index contributed by atoms with van der Waals surface area (Å²) in [6.45, 7) is 12.2. The summed E-state index contributed by atoms with van der Waals surface area (Å²) >= 11 is 1.66. The Labute approximate surface area is 231 Å². The molecule has 4 heterocycles. The number of amides is 1. The maximum absolute atomic E-state index is 12.6. The third kappa shape index (κ3) is 5.76. The molecule has 0 aliphatic carbocycles. The van der Waals surface area contributed by atoms with Crippen molar-refractivity contribution in [3.05, 3.63) is 84.2 Å². The lowest BCUT2D eigenvalue weighted by atomic mass is 9.92. The van der Waals surface area contributed by atoms with Gasteiger partial charge in [0.1, 0.15) is 11.2 Å². The Hall–Kier alpha value is -4.30. The molecule has 1 aromatic carbocycles. The predicted molar refractivity (Wildman–Crippen MR) is 161 cm³/mol. The van der Waals surface area contributed by atoms with Crippen molar-refractivity contribution in [2.24, 2.45) is 5.41 Å². The first kappa shape index (κ1) is 26.3. The summed E-state index contributed by atoms with van der Waals surface area (Å²) in [5.74, 6) is 0.648. The number of nitrogens with zero attached hydrogens (tertiary/aromatic N) is 3. The van der Waals surface area contributed by atoms with E-state index in [2.05, 4.69) is 63.3 Å². The summed E-state index contributed by atoms with van der Waals surface area (Å²) in [4.78, 5) is 26.5. The zero-order chi connectivity index (χ0) is 27.6. The number of fused-ring (bicyclic) bond motifs is 2. The topological polar surface area (TPSA) is 99.3 Å². The van der Waals surface area contributed by atoms with Gasteiger partial charge in [-0.2, -0.15) is 5.10 Å². The minimum absolute atomic E-state index is 0.0293. The lowest BCUT2D eigenvalue weighted by Crippen LogP contribution is -2.26. The second-order valence-electron chi connectivity index (χ2n) is 10.6. The largest absolute Gasteiger partial charge is 0.335 e. The molecule has 0 spiro atoms. The van der Waals surface area contributed by atoms with Gasteiger partial charge in [-0.25, -0.2) is 4.98 Å². The number of allylic oxidation sites excluding steroid dienone is 4. The molecule has 0 unspecified atom stereocenters. The van der Waals surface area contributed by atoms with E-state index in [-0.39, 0.29) is 11.3 Å². The van der Waals surface area contributed by atoms with E-state index in [4.69, 9.17) is 4.98 Å².